The van der Waals surface area contributed by atoms with Crippen molar-refractivity contribution >= 4 is 17.3 Å². The van der Waals surface area contributed by atoms with Gasteiger partial charge in [-0.2, -0.15) is 0 Å². The lowest BCUT2D eigenvalue weighted by molar-refractivity contribution is -0.126. The number of rotatable bonds is 4. The van der Waals surface area contributed by atoms with Crippen molar-refractivity contribution in [3.63, 3.8) is 0 Å². The Bertz CT molecular complexity index is 1060. The van der Waals surface area contributed by atoms with E-state index in [1.165, 1.54) is 23.4 Å². The van der Waals surface area contributed by atoms with Crippen LogP contribution in [0.1, 0.15) is 11.1 Å². The highest BCUT2D eigenvalue weighted by Gasteiger charge is 2.41. The van der Waals surface area contributed by atoms with Crippen molar-refractivity contribution < 1.29 is 9.18 Å². The highest BCUT2D eigenvalue weighted by Crippen LogP contribution is 2.37. The van der Waals surface area contributed by atoms with Crippen LogP contribution in [0.2, 0.25) is 0 Å². The van der Waals surface area contributed by atoms with E-state index in [2.05, 4.69) is 38.3 Å². The number of nitrogens with zero attached hydrogens (tertiary/aromatic N) is 3. The highest BCUT2D eigenvalue weighted by molar-refractivity contribution is 5.82. The number of para-hydroxylation sites is 1. The summed E-state index contributed by atoms with van der Waals surface area (Å²) in [7, 11) is 0. The first-order chi connectivity index (χ1) is 15.2. The van der Waals surface area contributed by atoms with Crippen LogP contribution in [0.15, 0.2) is 73.1 Å². The lowest BCUT2D eigenvalue weighted by atomic mass is 9.83. The fourth-order valence-corrected chi connectivity index (χ4v) is 4.77. The fraction of sp³-hybridized carbons (Fsp3) is 0.280. The molecule has 0 bridgehead atoms. The molecule has 158 valence electrons. The molecule has 1 N–H and O–H groups in total. The van der Waals surface area contributed by atoms with Gasteiger partial charge in [0.1, 0.15) is 5.82 Å². The summed E-state index contributed by atoms with van der Waals surface area (Å²) in [6.07, 6.45) is 4.22. The van der Waals surface area contributed by atoms with Gasteiger partial charge in [0.2, 0.25) is 5.91 Å². The molecule has 3 heterocycles. The molecule has 5 nitrogen and oxygen atoms in total. The van der Waals surface area contributed by atoms with E-state index in [4.69, 9.17) is 0 Å². The molecule has 1 amide bonds. The van der Waals surface area contributed by atoms with E-state index in [0.29, 0.717) is 13.0 Å². The monoisotopic (exact) mass is 416 g/mol. The summed E-state index contributed by atoms with van der Waals surface area (Å²) in [5, 5.41) is 3.12. The van der Waals surface area contributed by atoms with Crippen LogP contribution in [0, 0.1) is 11.7 Å². The number of nitrogens with one attached hydrogen (secondary N) is 1. The minimum atomic E-state index is -0.235. The average molecular weight is 417 g/mol. The second-order valence-electron chi connectivity index (χ2n) is 8.20. The molecule has 2 atom stereocenters. The van der Waals surface area contributed by atoms with Gasteiger partial charge in [-0.25, -0.2) is 4.39 Å². The average Bonchev–Trinajstić information content (AvgIpc) is 2.83. The van der Waals surface area contributed by atoms with Gasteiger partial charge in [-0.1, -0.05) is 24.3 Å². The summed E-state index contributed by atoms with van der Waals surface area (Å²) in [6, 6.07) is 18.9. The molecule has 31 heavy (non-hydrogen) atoms. The molecule has 0 aliphatic carbocycles. The number of hydrogen-bond acceptors (Lipinski definition) is 4. The van der Waals surface area contributed by atoms with Gasteiger partial charge in [-0.15, -0.1) is 0 Å². The number of amides is 1. The molecule has 3 aromatic rings. The van der Waals surface area contributed by atoms with E-state index in [9.17, 15) is 9.18 Å². The smallest absolute Gasteiger partial charge is 0.225 e. The molecule has 0 spiro atoms. The van der Waals surface area contributed by atoms with Crippen LogP contribution < -0.4 is 15.1 Å². The Kier molecular flexibility index (Phi) is 5.28. The Morgan fingerprint density at radius 3 is 2.71 bits per heavy atom. The van der Waals surface area contributed by atoms with Crippen molar-refractivity contribution in [2.75, 3.05) is 29.4 Å². The van der Waals surface area contributed by atoms with Gasteiger partial charge in [0.15, 0.2) is 0 Å². The number of halogens is 1. The van der Waals surface area contributed by atoms with Gasteiger partial charge >= 0.3 is 0 Å². The molecule has 0 saturated carbocycles. The van der Waals surface area contributed by atoms with Crippen LogP contribution in [0.5, 0.6) is 0 Å². The molecule has 2 aromatic carbocycles. The predicted molar refractivity (Wildman–Crippen MR) is 119 cm³/mol. The first-order valence-electron chi connectivity index (χ1n) is 10.7. The topological polar surface area (TPSA) is 48.5 Å². The van der Waals surface area contributed by atoms with Crippen LogP contribution in [-0.4, -0.2) is 36.6 Å². The molecule has 1 saturated heterocycles. The van der Waals surface area contributed by atoms with Gasteiger partial charge in [0, 0.05) is 49.9 Å². The van der Waals surface area contributed by atoms with Crippen LogP contribution in [-0.2, 0) is 17.8 Å². The minimum Gasteiger partial charge on any atom is -0.368 e. The molecule has 2 aliphatic heterocycles. The summed E-state index contributed by atoms with van der Waals surface area (Å²) in [5.41, 5.74) is 4.42. The first kappa shape index (κ1) is 19.5. The number of carbonyl (C=O) groups excluding carboxylic acids is 1. The van der Waals surface area contributed by atoms with E-state index < -0.39 is 0 Å². The zero-order valence-corrected chi connectivity index (χ0v) is 17.2. The zero-order valence-electron chi connectivity index (χ0n) is 17.2. The fourth-order valence-electron chi connectivity index (χ4n) is 4.77. The van der Waals surface area contributed by atoms with E-state index in [1.807, 2.05) is 30.3 Å². The summed E-state index contributed by atoms with van der Waals surface area (Å²) in [4.78, 5) is 22.1. The summed E-state index contributed by atoms with van der Waals surface area (Å²) in [5.74, 6) is -0.328. The third kappa shape index (κ3) is 3.98. The third-order valence-corrected chi connectivity index (χ3v) is 6.34. The molecule has 2 unspecified atom stereocenters. The largest absolute Gasteiger partial charge is 0.368 e. The highest BCUT2D eigenvalue weighted by atomic mass is 19.1. The van der Waals surface area contributed by atoms with Crippen molar-refractivity contribution in [3.05, 3.63) is 90.0 Å². The number of carbonyl (C=O) groups is 1. The molecule has 5 rings (SSSR count). The number of piperazine rings is 1. The Hall–Kier alpha value is -3.41. The second kappa shape index (κ2) is 8.38. The van der Waals surface area contributed by atoms with Crippen LogP contribution in [0.25, 0.3) is 0 Å². The number of anilines is 2. The summed E-state index contributed by atoms with van der Waals surface area (Å²) < 4.78 is 13.4. The normalized spacial score (nSPS) is 20.0. The van der Waals surface area contributed by atoms with Gasteiger partial charge in [0.25, 0.3) is 0 Å². The van der Waals surface area contributed by atoms with E-state index >= 15 is 0 Å². The quantitative estimate of drug-likeness (QED) is 0.708. The van der Waals surface area contributed by atoms with Crippen molar-refractivity contribution in [3.8, 4) is 0 Å². The molecule has 6 heteroatoms. The third-order valence-electron chi connectivity index (χ3n) is 6.34. The Morgan fingerprint density at radius 1 is 1.06 bits per heavy atom. The number of hydrogen-bond donors (Lipinski definition) is 1. The minimum absolute atomic E-state index is 0.0580. The maximum atomic E-state index is 13.4. The van der Waals surface area contributed by atoms with E-state index in [1.54, 1.807) is 12.4 Å². The molecular formula is C25H25FN4O. The molecular weight excluding hydrogens is 391 g/mol. The Balaban J connectivity index is 1.39. The van der Waals surface area contributed by atoms with Crippen LogP contribution >= 0.6 is 0 Å². The number of benzene rings is 2. The van der Waals surface area contributed by atoms with E-state index in [-0.39, 0.29) is 23.7 Å². The second-order valence-corrected chi connectivity index (χ2v) is 8.20. The molecule has 0 radical (unpaired) electrons. The van der Waals surface area contributed by atoms with Crippen molar-refractivity contribution in [2.24, 2.45) is 5.92 Å². The summed E-state index contributed by atoms with van der Waals surface area (Å²) in [6.45, 7) is 2.86. The molecule has 1 fully saturated rings. The van der Waals surface area contributed by atoms with Gasteiger partial charge in [-0.3, -0.25) is 9.78 Å². The van der Waals surface area contributed by atoms with Gasteiger partial charge in [-0.05, 0) is 53.9 Å². The van der Waals surface area contributed by atoms with Gasteiger partial charge in [0.05, 0.1) is 12.0 Å². The van der Waals surface area contributed by atoms with Crippen LogP contribution in [0.4, 0.5) is 15.8 Å². The SMILES string of the molecule is O=C(NCc1cccnc1)C1Cc2ccccc2N2CCN(c3ccc(F)cc3)CC12. The zero-order chi connectivity index (χ0) is 21.2. The maximum absolute atomic E-state index is 13.4. The lowest BCUT2D eigenvalue weighted by Gasteiger charge is -2.49. The maximum Gasteiger partial charge on any atom is 0.225 e. The number of fused-ring (bicyclic) bond motifs is 3. The molecule has 1 aromatic heterocycles. The lowest BCUT2D eigenvalue weighted by Crippen LogP contribution is -2.61. The standard InChI is InChI=1S/C25H25FN4O/c26-20-7-9-21(10-8-20)29-12-13-30-23-6-2-1-5-19(23)14-22(24(30)17-29)25(31)28-16-18-4-3-11-27-15-18/h1-11,15,22,24H,12-14,16-17H2,(H,28,31). The van der Waals surface area contributed by atoms with Crippen molar-refractivity contribution in [2.45, 2.75) is 19.0 Å². The van der Waals surface area contributed by atoms with Crippen molar-refractivity contribution in [1.82, 2.24) is 10.3 Å². The van der Waals surface area contributed by atoms with Crippen molar-refractivity contribution in [1.29, 1.82) is 0 Å². The van der Waals surface area contributed by atoms with Gasteiger partial charge < -0.3 is 15.1 Å². The van der Waals surface area contributed by atoms with E-state index in [0.717, 1.165) is 30.9 Å². The summed E-state index contributed by atoms with van der Waals surface area (Å²) >= 11 is 0. The molecule has 2 aliphatic rings. The number of aromatic nitrogens is 1. The Morgan fingerprint density at radius 2 is 1.90 bits per heavy atom. The predicted octanol–water partition coefficient (Wildman–Crippen LogP) is 3.40. The number of pyridine rings is 1. The Labute approximate surface area is 181 Å². The van der Waals surface area contributed by atoms with Crippen LogP contribution in [0.3, 0.4) is 0 Å². The first-order valence-corrected chi connectivity index (χ1v) is 10.7.